The maximum Gasteiger partial charge on any atom is 0.150 e. The largest absolute Gasteiger partial charge is 0.229 e. The van der Waals surface area contributed by atoms with Gasteiger partial charge in [-0.15, -0.1) is 0 Å². The second-order valence-corrected chi connectivity index (χ2v) is 7.79. The molecule has 0 aromatic heterocycles. The summed E-state index contributed by atoms with van der Waals surface area (Å²) in [6, 6.07) is 7.69. The van der Waals surface area contributed by atoms with Gasteiger partial charge in [-0.25, -0.2) is 8.42 Å². The Morgan fingerprint density at radius 3 is 2.76 bits per heavy atom. The van der Waals surface area contributed by atoms with Crippen molar-refractivity contribution in [2.45, 2.75) is 12.3 Å². The van der Waals surface area contributed by atoms with Crippen molar-refractivity contribution in [2.75, 3.05) is 16.8 Å². The maximum absolute atomic E-state index is 11.5. The summed E-state index contributed by atoms with van der Waals surface area (Å²) in [5.74, 6) is 1.06. The number of rotatable bonds is 3. The van der Waals surface area contributed by atoms with Crippen molar-refractivity contribution < 1.29 is 8.42 Å². The summed E-state index contributed by atoms with van der Waals surface area (Å²) in [7, 11) is -2.82. The van der Waals surface area contributed by atoms with Gasteiger partial charge in [0.1, 0.15) is 0 Å². The van der Waals surface area contributed by atoms with Crippen molar-refractivity contribution in [3.8, 4) is 0 Å². The number of sulfone groups is 1. The minimum atomic E-state index is -2.82. The van der Waals surface area contributed by atoms with Crippen molar-refractivity contribution in [3.05, 3.63) is 34.9 Å². The minimum absolute atomic E-state index is 0.206. The molecule has 1 fully saturated rings. The van der Waals surface area contributed by atoms with Gasteiger partial charge in [0.25, 0.3) is 0 Å². The van der Waals surface area contributed by atoms with Crippen LogP contribution >= 0.6 is 27.5 Å². The molecule has 1 saturated heterocycles. The average Bonchev–Trinajstić information content (AvgIpc) is 2.60. The van der Waals surface area contributed by atoms with Crippen LogP contribution in [0.4, 0.5) is 0 Å². The summed E-state index contributed by atoms with van der Waals surface area (Å²) in [4.78, 5) is 0. The van der Waals surface area contributed by atoms with Crippen molar-refractivity contribution in [1.29, 1.82) is 0 Å². The molecule has 0 radical (unpaired) electrons. The van der Waals surface area contributed by atoms with Crippen LogP contribution in [0.2, 0.25) is 5.02 Å². The third kappa shape index (κ3) is 3.24. The van der Waals surface area contributed by atoms with E-state index in [1.54, 1.807) is 0 Å². The lowest BCUT2D eigenvalue weighted by Crippen LogP contribution is -2.16. The highest BCUT2D eigenvalue weighted by atomic mass is 79.9. The van der Waals surface area contributed by atoms with Crippen LogP contribution in [0.3, 0.4) is 0 Å². The Bertz CT molecular complexity index is 501. The summed E-state index contributed by atoms with van der Waals surface area (Å²) in [5, 5.41) is 1.47. The summed E-state index contributed by atoms with van der Waals surface area (Å²) >= 11 is 9.46. The van der Waals surface area contributed by atoms with Crippen LogP contribution in [-0.2, 0) is 9.84 Å². The second kappa shape index (κ2) is 5.29. The molecule has 0 N–H and O–H groups in total. The van der Waals surface area contributed by atoms with Crippen LogP contribution in [0.15, 0.2) is 24.3 Å². The normalized spacial score (nSPS) is 24.7. The second-order valence-electron chi connectivity index (χ2n) is 4.48. The lowest BCUT2D eigenvalue weighted by Gasteiger charge is -2.20. The number of hydrogen-bond donors (Lipinski definition) is 0. The molecule has 0 bridgehead atoms. The first-order valence-electron chi connectivity index (χ1n) is 5.54. The Labute approximate surface area is 115 Å². The first-order valence-corrected chi connectivity index (χ1v) is 8.86. The monoisotopic (exact) mass is 336 g/mol. The van der Waals surface area contributed by atoms with E-state index in [1.165, 1.54) is 0 Å². The quantitative estimate of drug-likeness (QED) is 0.793. The van der Waals surface area contributed by atoms with E-state index >= 15 is 0 Å². The molecule has 0 spiro atoms. The Kier molecular flexibility index (Phi) is 4.16. The molecule has 1 aliphatic heterocycles. The molecule has 1 aromatic carbocycles. The van der Waals surface area contributed by atoms with Gasteiger partial charge in [-0.3, -0.25) is 0 Å². The molecule has 0 saturated carbocycles. The number of halogens is 2. The molecule has 1 aromatic rings. The van der Waals surface area contributed by atoms with E-state index in [1.807, 2.05) is 24.3 Å². The third-order valence-electron chi connectivity index (χ3n) is 3.28. The van der Waals surface area contributed by atoms with Crippen molar-refractivity contribution in [2.24, 2.45) is 5.92 Å². The van der Waals surface area contributed by atoms with Gasteiger partial charge in [-0.05, 0) is 36.0 Å². The van der Waals surface area contributed by atoms with E-state index in [0.29, 0.717) is 16.5 Å². The fourth-order valence-corrected chi connectivity index (χ4v) is 5.35. The summed E-state index contributed by atoms with van der Waals surface area (Å²) in [6.07, 6.45) is 0.755. The molecule has 0 amide bonds. The van der Waals surface area contributed by atoms with Gasteiger partial charge in [0.15, 0.2) is 9.84 Å². The van der Waals surface area contributed by atoms with E-state index in [2.05, 4.69) is 15.9 Å². The smallest absolute Gasteiger partial charge is 0.150 e. The molecular weight excluding hydrogens is 324 g/mol. The fraction of sp³-hybridized carbons (Fsp3) is 0.500. The highest BCUT2D eigenvalue weighted by Crippen LogP contribution is 2.35. The van der Waals surface area contributed by atoms with Crippen molar-refractivity contribution in [3.63, 3.8) is 0 Å². The predicted molar refractivity (Wildman–Crippen MR) is 74.7 cm³/mol. The van der Waals surface area contributed by atoms with Crippen LogP contribution in [0, 0.1) is 5.92 Å². The molecule has 2 unspecified atom stereocenters. The highest BCUT2D eigenvalue weighted by Gasteiger charge is 2.33. The molecule has 94 valence electrons. The number of alkyl halides is 1. The molecule has 2 atom stereocenters. The Morgan fingerprint density at radius 2 is 2.24 bits per heavy atom. The van der Waals surface area contributed by atoms with E-state index in [9.17, 15) is 8.42 Å². The van der Waals surface area contributed by atoms with E-state index < -0.39 is 9.84 Å². The fourth-order valence-electron chi connectivity index (χ4n) is 2.37. The maximum atomic E-state index is 11.5. The van der Waals surface area contributed by atoms with Crippen LogP contribution in [0.25, 0.3) is 0 Å². The standard InChI is InChI=1S/C12H14BrClO2S/c13-7-12(9-2-1-3-11(14)6-9)10-4-5-17(15,16)8-10/h1-3,6,10,12H,4-5,7-8H2. The third-order valence-corrected chi connectivity index (χ3v) is 6.01. The van der Waals surface area contributed by atoms with Gasteiger partial charge >= 0.3 is 0 Å². The first kappa shape index (κ1) is 13.4. The van der Waals surface area contributed by atoms with Gasteiger partial charge in [0, 0.05) is 10.4 Å². The van der Waals surface area contributed by atoms with Crippen LogP contribution in [0.5, 0.6) is 0 Å². The Morgan fingerprint density at radius 1 is 1.47 bits per heavy atom. The van der Waals surface area contributed by atoms with Crippen molar-refractivity contribution in [1.82, 2.24) is 0 Å². The molecule has 1 aliphatic rings. The lowest BCUT2D eigenvalue weighted by atomic mass is 9.87. The first-order chi connectivity index (χ1) is 8.02. The SMILES string of the molecule is O=S1(=O)CCC(C(CBr)c2cccc(Cl)c2)C1. The summed E-state index contributed by atoms with van der Waals surface area (Å²) < 4.78 is 23.0. The molecular formula is C12H14BrClO2S. The zero-order valence-electron chi connectivity index (χ0n) is 9.27. The van der Waals surface area contributed by atoms with E-state index in [-0.39, 0.29) is 11.8 Å². The van der Waals surface area contributed by atoms with Gasteiger partial charge < -0.3 is 0 Å². The van der Waals surface area contributed by atoms with E-state index in [0.717, 1.165) is 17.3 Å². The molecule has 1 heterocycles. The summed E-state index contributed by atoms with van der Waals surface area (Å²) in [6.45, 7) is 0. The Balaban J connectivity index is 2.23. The van der Waals surface area contributed by atoms with Gasteiger partial charge in [0.2, 0.25) is 0 Å². The van der Waals surface area contributed by atoms with Crippen LogP contribution in [0.1, 0.15) is 17.9 Å². The predicted octanol–water partition coefficient (Wildman–Crippen LogP) is 3.25. The Hall–Kier alpha value is -0.0600. The lowest BCUT2D eigenvalue weighted by molar-refractivity contribution is 0.505. The molecule has 17 heavy (non-hydrogen) atoms. The van der Waals surface area contributed by atoms with E-state index in [4.69, 9.17) is 11.6 Å². The van der Waals surface area contributed by atoms with Crippen LogP contribution < -0.4 is 0 Å². The molecule has 0 aliphatic carbocycles. The number of hydrogen-bond acceptors (Lipinski definition) is 2. The zero-order chi connectivity index (χ0) is 12.5. The number of benzene rings is 1. The molecule has 2 rings (SSSR count). The topological polar surface area (TPSA) is 34.1 Å². The van der Waals surface area contributed by atoms with Crippen LogP contribution in [-0.4, -0.2) is 25.3 Å². The van der Waals surface area contributed by atoms with Gasteiger partial charge in [-0.2, -0.15) is 0 Å². The molecule has 5 heteroatoms. The molecule has 2 nitrogen and oxygen atoms in total. The van der Waals surface area contributed by atoms with Crippen molar-refractivity contribution >= 4 is 37.4 Å². The minimum Gasteiger partial charge on any atom is -0.229 e. The zero-order valence-corrected chi connectivity index (χ0v) is 12.4. The van der Waals surface area contributed by atoms with Gasteiger partial charge in [0.05, 0.1) is 11.5 Å². The average molecular weight is 338 g/mol. The summed E-state index contributed by atoms with van der Waals surface area (Å²) in [5.41, 5.74) is 1.12. The van der Waals surface area contributed by atoms with Gasteiger partial charge in [-0.1, -0.05) is 39.7 Å². The highest BCUT2D eigenvalue weighted by molar-refractivity contribution is 9.09.